The van der Waals surface area contributed by atoms with Crippen molar-refractivity contribution in [2.24, 2.45) is 0 Å². The third kappa shape index (κ3) is 6.00. The molecule has 2 nitrogen and oxygen atoms in total. The van der Waals surface area contributed by atoms with Crippen molar-refractivity contribution >= 4 is 15.3 Å². The number of Topliss-reactive ketones (excluding diaryl/α,β-unsaturated/α-hetero) is 1. The Morgan fingerprint density at radius 3 is 2.73 bits per heavy atom. The van der Waals surface area contributed by atoms with E-state index in [1.807, 2.05) is 0 Å². The summed E-state index contributed by atoms with van der Waals surface area (Å²) in [4.78, 5) is 11.0. The van der Waals surface area contributed by atoms with Gasteiger partial charge in [0.15, 0.2) is 5.78 Å². The van der Waals surface area contributed by atoms with Gasteiger partial charge in [0.2, 0.25) is 0 Å². The molecular formula is C8H15NOSi. The molecule has 0 saturated carbocycles. The molecule has 0 aromatic carbocycles. The van der Waals surface area contributed by atoms with Crippen LogP contribution in [0.15, 0.2) is 12.2 Å². The fourth-order valence-corrected chi connectivity index (χ4v) is 1.06. The van der Waals surface area contributed by atoms with Gasteiger partial charge < -0.3 is 5.32 Å². The summed E-state index contributed by atoms with van der Waals surface area (Å²) in [6, 6.07) is 0. The maximum Gasteiger partial charge on any atom is 0.159 e. The van der Waals surface area contributed by atoms with Crippen molar-refractivity contribution in [1.29, 1.82) is 0 Å². The highest BCUT2D eigenvalue weighted by Crippen LogP contribution is 1.92. The first-order chi connectivity index (χ1) is 5.18. The smallest absolute Gasteiger partial charge is 0.159 e. The highest BCUT2D eigenvalue weighted by Gasteiger charge is 1.99. The Bertz CT molecular complexity index is 145. The van der Waals surface area contributed by atoms with Gasteiger partial charge in [-0.2, -0.15) is 0 Å². The van der Waals surface area contributed by atoms with Crippen LogP contribution < -0.4 is 5.32 Å². The second kappa shape index (κ2) is 6.31. The SMILES string of the molecule is C=C(C)C(=O)CCNC[Si]C. The van der Waals surface area contributed by atoms with Crippen molar-refractivity contribution < 1.29 is 4.79 Å². The standard InChI is InChI=1S/C8H15NOSi/c1-7(2)8(10)4-5-9-6-11-3/h9H,1,4-6H2,2-3H3. The topological polar surface area (TPSA) is 29.1 Å². The summed E-state index contributed by atoms with van der Waals surface area (Å²) in [5.41, 5.74) is 0.658. The van der Waals surface area contributed by atoms with Crippen LogP contribution in [0.3, 0.4) is 0 Å². The van der Waals surface area contributed by atoms with Gasteiger partial charge in [-0.15, -0.1) is 0 Å². The largest absolute Gasteiger partial charge is 0.320 e. The normalized spacial score (nSPS) is 9.64. The second-order valence-electron chi connectivity index (χ2n) is 2.48. The number of hydrogen-bond acceptors (Lipinski definition) is 2. The molecular weight excluding hydrogens is 154 g/mol. The Hall–Kier alpha value is -0.413. The van der Waals surface area contributed by atoms with E-state index in [-0.39, 0.29) is 5.78 Å². The molecule has 0 bridgehead atoms. The van der Waals surface area contributed by atoms with E-state index < -0.39 is 0 Å². The fraction of sp³-hybridized carbons (Fsp3) is 0.625. The van der Waals surface area contributed by atoms with Crippen LogP contribution in [0.2, 0.25) is 6.55 Å². The minimum Gasteiger partial charge on any atom is -0.320 e. The van der Waals surface area contributed by atoms with Crippen LogP contribution in [-0.2, 0) is 4.79 Å². The van der Waals surface area contributed by atoms with Crippen LogP contribution in [0.1, 0.15) is 13.3 Å². The van der Waals surface area contributed by atoms with Gasteiger partial charge in [-0.25, -0.2) is 0 Å². The van der Waals surface area contributed by atoms with Crippen molar-refractivity contribution in [3.05, 3.63) is 12.2 Å². The third-order valence-corrected chi connectivity index (χ3v) is 1.91. The average molecular weight is 169 g/mol. The molecule has 0 atom stereocenters. The molecule has 11 heavy (non-hydrogen) atoms. The summed E-state index contributed by atoms with van der Waals surface area (Å²) in [5, 5.41) is 3.17. The van der Waals surface area contributed by atoms with Crippen LogP contribution in [-0.4, -0.2) is 28.0 Å². The van der Waals surface area contributed by atoms with E-state index in [1.165, 1.54) is 0 Å². The number of carbonyl (C=O) groups excluding carboxylic acids is 1. The lowest BCUT2D eigenvalue weighted by Crippen LogP contribution is -2.22. The maximum absolute atomic E-state index is 11.0. The predicted molar refractivity (Wildman–Crippen MR) is 48.9 cm³/mol. The summed E-state index contributed by atoms with van der Waals surface area (Å²) < 4.78 is 0. The lowest BCUT2D eigenvalue weighted by molar-refractivity contribution is -0.115. The first-order valence-electron chi connectivity index (χ1n) is 3.72. The summed E-state index contributed by atoms with van der Waals surface area (Å²) in [7, 11) is 0.911. The Labute approximate surface area is 70.9 Å². The van der Waals surface area contributed by atoms with Gasteiger partial charge in [-0.3, -0.25) is 4.79 Å². The van der Waals surface area contributed by atoms with Crippen LogP contribution in [0.4, 0.5) is 0 Å². The number of ketones is 1. The Morgan fingerprint density at radius 2 is 2.27 bits per heavy atom. The molecule has 1 N–H and O–H groups in total. The monoisotopic (exact) mass is 169 g/mol. The molecule has 0 heterocycles. The van der Waals surface area contributed by atoms with E-state index in [0.717, 1.165) is 22.2 Å². The molecule has 0 spiro atoms. The van der Waals surface area contributed by atoms with Gasteiger partial charge in [-0.1, -0.05) is 13.1 Å². The first kappa shape index (κ1) is 10.6. The Kier molecular flexibility index (Phi) is 6.07. The van der Waals surface area contributed by atoms with Crippen LogP contribution >= 0.6 is 0 Å². The van der Waals surface area contributed by atoms with E-state index >= 15 is 0 Å². The van der Waals surface area contributed by atoms with Gasteiger partial charge >= 0.3 is 0 Å². The van der Waals surface area contributed by atoms with Crippen molar-refractivity contribution in [1.82, 2.24) is 5.32 Å². The second-order valence-corrected chi connectivity index (χ2v) is 3.54. The molecule has 0 aliphatic heterocycles. The molecule has 0 saturated heterocycles. The zero-order valence-corrected chi connectivity index (χ0v) is 8.24. The van der Waals surface area contributed by atoms with Gasteiger partial charge in [0.05, 0.1) is 9.52 Å². The predicted octanol–water partition coefficient (Wildman–Crippen LogP) is 0.821. The molecule has 0 amide bonds. The minimum absolute atomic E-state index is 0.164. The molecule has 0 aromatic rings. The summed E-state index contributed by atoms with van der Waals surface area (Å²) in [6.45, 7) is 8.25. The molecule has 0 aliphatic rings. The molecule has 0 aromatic heterocycles. The highest BCUT2D eigenvalue weighted by atomic mass is 28.2. The first-order valence-corrected chi connectivity index (χ1v) is 5.43. The van der Waals surface area contributed by atoms with Crippen LogP contribution in [0.25, 0.3) is 0 Å². The maximum atomic E-state index is 11.0. The van der Waals surface area contributed by atoms with Crippen LogP contribution in [0, 0.1) is 0 Å². The number of nitrogens with one attached hydrogen (secondary N) is 1. The van der Waals surface area contributed by atoms with Gasteiger partial charge in [0.25, 0.3) is 0 Å². The van der Waals surface area contributed by atoms with Crippen LogP contribution in [0.5, 0.6) is 0 Å². The number of carbonyl (C=O) groups is 1. The van der Waals surface area contributed by atoms with E-state index in [0.29, 0.717) is 12.0 Å². The van der Waals surface area contributed by atoms with Crippen molar-refractivity contribution in [3.8, 4) is 0 Å². The zero-order chi connectivity index (χ0) is 8.69. The van der Waals surface area contributed by atoms with E-state index in [2.05, 4.69) is 18.4 Å². The molecule has 2 radical (unpaired) electrons. The van der Waals surface area contributed by atoms with E-state index in [4.69, 9.17) is 0 Å². The minimum atomic E-state index is 0.164. The fourth-order valence-electron chi connectivity index (χ4n) is 0.629. The Morgan fingerprint density at radius 1 is 1.64 bits per heavy atom. The molecule has 0 aliphatic carbocycles. The van der Waals surface area contributed by atoms with Gasteiger partial charge in [-0.05, 0) is 18.7 Å². The van der Waals surface area contributed by atoms with Gasteiger partial charge in [0.1, 0.15) is 0 Å². The molecule has 0 unspecified atom stereocenters. The lowest BCUT2D eigenvalue weighted by atomic mass is 10.2. The lowest BCUT2D eigenvalue weighted by Gasteiger charge is -2.00. The zero-order valence-electron chi connectivity index (χ0n) is 7.24. The molecule has 0 rings (SSSR count). The molecule has 3 heteroatoms. The Balaban J connectivity index is 3.25. The van der Waals surface area contributed by atoms with Crippen molar-refractivity contribution in [3.63, 3.8) is 0 Å². The summed E-state index contributed by atoms with van der Waals surface area (Å²) in [5.74, 6) is 0.164. The third-order valence-electron chi connectivity index (χ3n) is 1.31. The molecule has 0 fully saturated rings. The van der Waals surface area contributed by atoms with Crippen molar-refractivity contribution in [2.45, 2.75) is 19.9 Å². The summed E-state index contributed by atoms with van der Waals surface area (Å²) >= 11 is 0. The summed E-state index contributed by atoms with van der Waals surface area (Å²) in [6.07, 6.45) is 1.60. The number of hydrogen-bond donors (Lipinski definition) is 1. The quantitative estimate of drug-likeness (QED) is 0.362. The van der Waals surface area contributed by atoms with Gasteiger partial charge in [0, 0.05) is 13.0 Å². The highest BCUT2D eigenvalue weighted by molar-refractivity contribution is 6.33. The van der Waals surface area contributed by atoms with E-state index in [9.17, 15) is 4.79 Å². The average Bonchev–Trinajstić information content (AvgIpc) is 1.97. The number of rotatable bonds is 6. The van der Waals surface area contributed by atoms with Crippen molar-refractivity contribution in [2.75, 3.05) is 12.7 Å². The number of allylic oxidation sites excluding steroid dienone is 1. The van der Waals surface area contributed by atoms with E-state index in [1.54, 1.807) is 6.92 Å². The molecule has 62 valence electrons.